The van der Waals surface area contributed by atoms with Crippen molar-refractivity contribution in [2.45, 2.75) is 19.8 Å². The Labute approximate surface area is 194 Å². The van der Waals surface area contributed by atoms with Crippen LogP contribution < -0.4 is 20.9 Å². The third-order valence-electron chi connectivity index (χ3n) is 6.86. The Morgan fingerprint density at radius 1 is 1.03 bits per heavy atom. The van der Waals surface area contributed by atoms with E-state index < -0.39 is 0 Å². The van der Waals surface area contributed by atoms with Gasteiger partial charge < -0.3 is 30.7 Å². The number of carbonyl (C=O) groups is 1. The van der Waals surface area contributed by atoms with Crippen molar-refractivity contribution in [2.75, 3.05) is 60.9 Å². The first-order chi connectivity index (χ1) is 16.1. The minimum absolute atomic E-state index is 0.149. The van der Waals surface area contributed by atoms with Crippen molar-refractivity contribution in [1.29, 1.82) is 0 Å². The fourth-order valence-electron chi connectivity index (χ4n) is 4.77. The highest BCUT2D eigenvalue weighted by Crippen LogP contribution is 2.29. The number of nitrogens with zero attached hydrogens (tertiary/aromatic N) is 5. The van der Waals surface area contributed by atoms with Crippen molar-refractivity contribution in [3.63, 3.8) is 0 Å². The van der Waals surface area contributed by atoms with Crippen LogP contribution in [0.1, 0.15) is 19.8 Å². The fraction of sp³-hybridized carbons (Fsp3) is 0.458. The summed E-state index contributed by atoms with van der Waals surface area (Å²) in [6.45, 7) is 7.55. The Morgan fingerprint density at radius 3 is 2.42 bits per heavy atom. The van der Waals surface area contributed by atoms with Crippen LogP contribution in [-0.4, -0.2) is 71.6 Å². The van der Waals surface area contributed by atoms with Gasteiger partial charge in [0.25, 0.3) is 0 Å². The smallest absolute Gasteiger partial charge is 0.231 e. The van der Waals surface area contributed by atoms with Gasteiger partial charge in [0.2, 0.25) is 11.9 Å². The highest BCUT2D eigenvalue weighted by atomic mass is 16.2. The zero-order chi connectivity index (χ0) is 22.8. The Kier molecular flexibility index (Phi) is 6.04. The molecule has 9 heteroatoms. The third-order valence-corrected chi connectivity index (χ3v) is 6.86. The molecular weight excluding hydrogens is 416 g/mol. The van der Waals surface area contributed by atoms with E-state index in [1.54, 1.807) is 6.92 Å². The topological polar surface area (TPSA) is 106 Å². The first-order valence-corrected chi connectivity index (χ1v) is 11.8. The number of carbonyl (C=O) groups excluding carboxylic acids is 1. The quantitative estimate of drug-likeness (QED) is 0.551. The summed E-state index contributed by atoms with van der Waals surface area (Å²) in [6, 6.07) is 10.4. The molecule has 4 heterocycles. The zero-order valence-corrected chi connectivity index (χ0v) is 19.1. The van der Waals surface area contributed by atoms with Crippen molar-refractivity contribution in [3.8, 4) is 0 Å². The SMILES string of the molecule is CC(=O)N1CCN(c2ccc(Nc3nc(N4CCC(CN)CC4)c4cc[nH]c4n3)cc2)CC1. The molecule has 4 N–H and O–H groups in total. The highest BCUT2D eigenvalue weighted by molar-refractivity contribution is 5.89. The van der Waals surface area contributed by atoms with Crippen molar-refractivity contribution < 1.29 is 4.79 Å². The van der Waals surface area contributed by atoms with Gasteiger partial charge in [-0.15, -0.1) is 0 Å². The molecule has 2 saturated heterocycles. The molecule has 1 aromatic carbocycles. The van der Waals surface area contributed by atoms with E-state index in [2.05, 4.69) is 49.4 Å². The fourth-order valence-corrected chi connectivity index (χ4v) is 4.77. The number of hydrogen-bond acceptors (Lipinski definition) is 7. The number of nitrogens with one attached hydrogen (secondary N) is 2. The number of piperidine rings is 1. The van der Waals surface area contributed by atoms with Gasteiger partial charge in [0.05, 0.1) is 5.39 Å². The van der Waals surface area contributed by atoms with Crippen molar-refractivity contribution >= 4 is 40.1 Å². The standard InChI is InChI=1S/C24H32N8O/c1-17(33)30-12-14-31(15-13-30)20-4-2-19(3-5-20)27-24-28-22-21(6-9-26-22)23(29-24)32-10-7-18(16-25)8-11-32/h2-6,9,18H,7-8,10-16,25H2,1H3,(H2,26,27,28,29). The second-order valence-electron chi connectivity index (χ2n) is 8.94. The van der Waals surface area contributed by atoms with Crippen LogP contribution in [0.4, 0.5) is 23.1 Å². The number of aromatic nitrogens is 3. The van der Waals surface area contributed by atoms with Gasteiger partial charge in [-0.05, 0) is 55.6 Å². The van der Waals surface area contributed by atoms with E-state index >= 15 is 0 Å². The van der Waals surface area contributed by atoms with Gasteiger partial charge in [0.15, 0.2) is 0 Å². The molecule has 0 aliphatic carbocycles. The second kappa shape index (κ2) is 9.27. The molecule has 2 aromatic heterocycles. The van der Waals surface area contributed by atoms with Crippen LogP contribution in [0, 0.1) is 5.92 Å². The van der Waals surface area contributed by atoms with Gasteiger partial charge in [-0.1, -0.05) is 0 Å². The van der Waals surface area contributed by atoms with E-state index in [1.165, 1.54) is 0 Å². The van der Waals surface area contributed by atoms with Gasteiger partial charge in [-0.25, -0.2) is 0 Å². The van der Waals surface area contributed by atoms with E-state index in [0.717, 1.165) is 86.9 Å². The maximum absolute atomic E-state index is 11.6. The molecule has 9 nitrogen and oxygen atoms in total. The summed E-state index contributed by atoms with van der Waals surface area (Å²) in [5, 5.41) is 4.43. The number of anilines is 4. The van der Waals surface area contributed by atoms with E-state index in [9.17, 15) is 4.79 Å². The predicted octanol–water partition coefficient (Wildman–Crippen LogP) is 2.55. The summed E-state index contributed by atoms with van der Waals surface area (Å²) in [5.74, 6) is 2.31. The molecule has 0 unspecified atom stereocenters. The number of aromatic amines is 1. The lowest BCUT2D eigenvalue weighted by Crippen LogP contribution is -2.48. The normalized spacial score (nSPS) is 17.6. The molecule has 0 spiro atoms. The predicted molar refractivity (Wildman–Crippen MR) is 132 cm³/mol. The molecule has 2 aliphatic rings. The Hall–Kier alpha value is -3.33. The van der Waals surface area contributed by atoms with Crippen LogP contribution in [0.25, 0.3) is 11.0 Å². The molecule has 3 aromatic rings. The molecule has 33 heavy (non-hydrogen) atoms. The van der Waals surface area contributed by atoms with Crippen molar-refractivity contribution in [3.05, 3.63) is 36.5 Å². The summed E-state index contributed by atoms with van der Waals surface area (Å²) in [5.41, 5.74) is 8.81. The molecule has 174 valence electrons. The highest BCUT2D eigenvalue weighted by Gasteiger charge is 2.22. The first-order valence-electron chi connectivity index (χ1n) is 11.8. The summed E-state index contributed by atoms with van der Waals surface area (Å²) in [6.07, 6.45) is 4.11. The lowest BCUT2D eigenvalue weighted by Gasteiger charge is -2.35. The summed E-state index contributed by atoms with van der Waals surface area (Å²) >= 11 is 0. The van der Waals surface area contributed by atoms with Crippen LogP contribution in [0.3, 0.4) is 0 Å². The maximum Gasteiger partial charge on any atom is 0.231 e. The van der Waals surface area contributed by atoms with Crippen LogP contribution in [0.2, 0.25) is 0 Å². The van der Waals surface area contributed by atoms with E-state index in [1.807, 2.05) is 17.2 Å². The molecular formula is C24H32N8O. The number of nitrogens with two attached hydrogens (primary N) is 1. The van der Waals surface area contributed by atoms with E-state index in [0.29, 0.717) is 11.9 Å². The van der Waals surface area contributed by atoms with E-state index in [4.69, 9.17) is 10.7 Å². The van der Waals surface area contributed by atoms with Crippen molar-refractivity contribution in [2.24, 2.45) is 11.7 Å². The molecule has 1 amide bonds. The van der Waals surface area contributed by atoms with Crippen LogP contribution in [0.15, 0.2) is 36.5 Å². The van der Waals surface area contributed by atoms with Gasteiger partial charge in [-0.3, -0.25) is 4.79 Å². The molecule has 0 bridgehead atoms. The number of benzene rings is 1. The summed E-state index contributed by atoms with van der Waals surface area (Å²) in [4.78, 5) is 30.9. The van der Waals surface area contributed by atoms with Gasteiger partial charge >= 0.3 is 0 Å². The number of rotatable bonds is 5. The monoisotopic (exact) mass is 448 g/mol. The number of amides is 1. The zero-order valence-electron chi connectivity index (χ0n) is 19.1. The average Bonchev–Trinajstić information content (AvgIpc) is 3.33. The lowest BCUT2D eigenvalue weighted by atomic mass is 9.97. The molecule has 0 atom stereocenters. The van der Waals surface area contributed by atoms with Crippen molar-refractivity contribution in [1.82, 2.24) is 19.9 Å². The molecule has 2 aliphatic heterocycles. The average molecular weight is 449 g/mol. The minimum atomic E-state index is 0.149. The third kappa shape index (κ3) is 4.59. The maximum atomic E-state index is 11.6. The largest absolute Gasteiger partial charge is 0.368 e. The lowest BCUT2D eigenvalue weighted by molar-refractivity contribution is -0.129. The first kappa shape index (κ1) is 21.5. The van der Waals surface area contributed by atoms with Crippen LogP contribution in [0.5, 0.6) is 0 Å². The van der Waals surface area contributed by atoms with E-state index in [-0.39, 0.29) is 5.91 Å². The number of piperazine rings is 1. The molecule has 5 rings (SSSR count). The number of fused-ring (bicyclic) bond motifs is 1. The Balaban J connectivity index is 1.30. The van der Waals surface area contributed by atoms with Crippen LogP contribution >= 0.6 is 0 Å². The molecule has 0 saturated carbocycles. The molecule has 2 fully saturated rings. The Morgan fingerprint density at radius 2 is 1.76 bits per heavy atom. The minimum Gasteiger partial charge on any atom is -0.368 e. The van der Waals surface area contributed by atoms with Gasteiger partial charge in [0, 0.05) is 63.8 Å². The van der Waals surface area contributed by atoms with Crippen LogP contribution in [-0.2, 0) is 4.79 Å². The Bertz CT molecular complexity index is 1100. The molecule has 0 radical (unpaired) electrons. The second-order valence-corrected chi connectivity index (χ2v) is 8.94. The summed E-state index contributed by atoms with van der Waals surface area (Å²) in [7, 11) is 0. The van der Waals surface area contributed by atoms with Gasteiger partial charge in [0.1, 0.15) is 11.5 Å². The summed E-state index contributed by atoms with van der Waals surface area (Å²) < 4.78 is 0. The number of H-pyrrole nitrogens is 1. The number of hydrogen-bond donors (Lipinski definition) is 3. The van der Waals surface area contributed by atoms with Gasteiger partial charge in [-0.2, -0.15) is 9.97 Å².